The van der Waals surface area contributed by atoms with Crippen molar-refractivity contribution in [1.82, 2.24) is 14.8 Å². The third-order valence-corrected chi connectivity index (χ3v) is 8.41. The summed E-state index contributed by atoms with van der Waals surface area (Å²) in [5.41, 5.74) is 5.08. The maximum Gasteiger partial charge on any atom is 0.210 e. The van der Waals surface area contributed by atoms with Gasteiger partial charge in [0.15, 0.2) is 11.2 Å². The first-order valence-electron chi connectivity index (χ1n) is 12.5. The van der Waals surface area contributed by atoms with E-state index < -0.39 is 23.5 Å². The van der Waals surface area contributed by atoms with E-state index >= 15 is 4.39 Å². The first kappa shape index (κ1) is 26.8. The van der Waals surface area contributed by atoms with Gasteiger partial charge in [-0.25, -0.2) is 18.4 Å². The second-order valence-electron chi connectivity index (χ2n) is 9.65. The Morgan fingerprint density at radius 3 is 2.40 bits per heavy atom. The van der Waals surface area contributed by atoms with Crippen LogP contribution in [0.4, 0.5) is 8.78 Å². The predicted octanol–water partition coefficient (Wildman–Crippen LogP) is 5.37. The highest BCUT2D eigenvalue weighted by atomic mass is 32.2. The summed E-state index contributed by atoms with van der Waals surface area (Å²) in [5, 5.41) is 31.7. The van der Waals surface area contributed by atoms with Gasteiger partial charge in [-0.1, -0.05) is 36.4 Å². The van der Waals surface area contributed by atoms with E-state index in [2.05, 4.69) is 4.98 Å². The van der Waals surface area contributed by atoms with E-state index in [9.17, 15) is 19.2 Å². The van der Waals surface area contributed by atoms with Gasteiger partial charge in [0, 0.05) is 34.9 Å². The standard InChI is InChI=1S/C29H24F2N4O3S2/c30-21-6-2-4-18(12-21)17-3-1-5-20(11-17)26-23(13-19-9-10-22(40(32)38)14-24(19)31)27(16-7-8-16)35(34-26)29-33-25(15-39-29)28(36)37/h1-6,9-12,14-16,28,36-37H,7-8,13,32H2. The van der Waals surface area contributed by atoms with Crippen LogP contribution >= 0.6 is 11.3 Å². The molecule has 0 bridgehead atoms. The van der Waals surface area contributed by atoms with E-state index in [4.69, 9.17) is 10.2 Å². The van der Waals surface area contributed by atoms with Crippen LogP contribution < -0.4 is 5.14 Å². The minimum absolute atomic E-state index is 0.116. The second kappa shape index (κ2) is 10.8. The fraction of sp³-hybridized carbons (Fsp3) is 0.172. The Morgan fingerprint density at radius 1 is 1.02 bits per heavy atom. The number of aromatic nitrogens is 3. The molecule has 2 heterocycles. The zero-order chi connectivity index (χ0) is 28.0. The number of aliphatic hydroxyl groups excluding tert-OH is 1. The maximum atomic E-state index is 15.2. The molecule has 4 N–H and O–H groups in total. The summed E-state index contributed by atoms with van der Waals surface area (Å²) in [6.07, 6.45) is 0.342. The average molecular weight is 579 g/mol. The van der Waals surface area contributed by atoms with E-state index in [-0.39, 0.29) is 28.7 Å². The van der Waals surface area contributed by atoms with Crippen molar-refractivity contribution in [1.29, 1.82) is 0 Å². The van der Waals surface area contributed by atoms with Crippen LogP contribution in [0.5, 0.6) is 0 Å². The van der Waals surface area contributed by atoms with Crippen LogP contribution in [0, 0.1) is 11.6 Å². The lowest BCUT2D eigenvalue weighted by Crippen LogP contribution is -2.12. The molecule has 0 radical (unpaired) electrons. The number of rotatable bonds is 8. The van der Waals surface area contributed by atoms with Crippen molar-refractivity contribution >= 4 is 22.7 Å². The number of halogens is 2. The van der Waals surface area contributed by atoms with Crippen molar-refractivity contribution in [2.45, 2.75) is 36.4 Å². The summed E-state index contributed by atoms with van der Waals surface area (Å²) in [6, 6.07) is 18.2. The number of hydrogen-bond donors (Lipinski definition) is 3. The van der Waals surface area contributed by atoms with Gasteiger partial charge in [0.1, 0.15) is 17.3 Å². The summed E-state index contributed by atoms with van der Waals surface area (Å²) < 4.78 is 42.6. The van der Waals surface area contributed by atoms with Crippen LogP contribution in [0.15, 0.2) is 77.0 Å². The normalized spacial score (nSPS) is 14.2. The SMILES string of the molecule is N[S+]([O-])c1ccc(Cc2c(-c3cccc(-c4cccc(F)c4)c3)nn(-c3nc(C(O)O)cs3)c2C2CC2)c(F)c1. The molecule has 11 heteroatoms. The van der Waals surface area contributed by atoms with Crippen molar-refractivity contribution in [3.05, 3.63) is 106 Å². The Balaban J connectivity index is 1.52. The highest BCUT2D eigenvalue weighted by molar-refractivity contribution is 7.89. The molecular formula is C29H24F2N4O3S2. The van der Waals surface area contributed by atoms with Gasteiger partial charge in [-0.3, -0.25) is 0 Å². The Hall–Kier alpha value is -3.45. The van der Waals surface area contributed by atoms with Gasteiger partial charge in [0.05, 0.1) is 22.7 Å². The molecule has 1 atom stereocenters. The van der Waals surface area contributed by atoms with Gasteiger partial charge in [-0.15, -0.1) is 16.5 Å². The minimum Gasteiger partial charge on any atom is -0.593 e. The molecule has 5 aromatic rings. The molecule has 1 fully saturated rings. The van der Waals surface area contributed by atoms with E-state index in [1.165, 1.54) is 29.5 Å². The molecule has 3 aromatic carbocycles. The van der Waals surface area contributed by atoms with Gasteiger partial charge in [0.2, 0.25) is 5.13 Å². The van der Waals surface area contributed by atoms with Crippen LogP contribution in [0.1, 0.15) is 47.6 Å². The number of nitrogens with two attached hydrogens (primary N) is 1. The maximum absolute atomic E-state index is 15.2. The Bertz CT molecular complexity index is 1700. The molecule has 204 valence electrons. The van der Waals surface area contributed by atoms with Crippen molar-refractivity contribution in [3.8, 4) is 27.5 Å². The molecule has 2 aromatic heterocycles. The number of benzene rings is 3. The summed E-state index contributed by atoms with van der Waals surface area (Å²) >= 11 is -0.576. The molecular weight excluding hydrogens is 554 g/mol. The largest absolute Gasteiger partial charge is 0.593 e. The van der Waals surface area contributed by atoms with Gasteiger partial charge >= 0.3 is 0 Å². The molecule has 0 saturated heterocycles. The first-order chi connectivity index (χ1) is 19.3. The van der Waals surface area contributed by atoms with Crippen LogP contribution in [-0.4, -0.2) is 29.5 Å². The number of thiazole rings is 1. The highest BCUT2D eigenvalue weighted by Gasteiger charge is 2.34. The smallest absolute Gasteiger partial charge is 0.210 e. The van der Waals surface area contributed by atoms with Gasteiger partial charge in [0.25, 0.3) is 0 Å². The lowest BCUT2D eigenvalue weighted by atomic mass is 9.95. The van der Waals surface area contributed by atoms with Crippen LogP contribution in [0.25, 0.3) is 27.5 Å². The van der Waals surface area contributed by atoms with Crippen molar-refractivity contribution in [3.63, 3.8) is 0 Å². The molecule has 7 nitrogen and oxygen atoms in total. The molecule has 0 amide bonds. The van der Waals surface area contributed by atoms with E-state index in [1.807, 2.05) is 30.3 Å². The van der Waals surface area contributed by atoms with E-state index in [0.717, 1.165) is 35.2 Å². The number of nitrogens with zero attached hydrogens (tertiary/aromatic N) is 3. The Morgan fingerprint density at radius 2 is 1.75 bits per heavy atom. The van der Waals surface area contributed by atoms with E-state index in [1.54, 1.807) is 28.3 Å². The number of aliphatic hydroxyl groups is 2. The molecule has 1 unspecified atom stereocenters. The average Bonchev–Trinajstić information content (AvgIpc) is 3.52. The topological polar surface area (TPSA) is 120 Å². The van der Waals surface area contributed by atoms with E-state index in [0.29, 0.717) is 22.0 Å². The molecule has 1 aliphatic carbocycles. The fourth-order valence-electron chi connectivity index (χ4n) is 4.78. The Labute approximate surface area is 235 Å². The second-order valence-corrected chi connectivity index (χ2v) is 11.5. The van der Waals surface area contributed by atoms with Crippen molar-refractivity contribution in [2.75, 3.05) is 0 Å². The third-order valence-electron chi connectivity index (χ3n) is 6.86. The third kappa shape index (κ3) is 5.31. The summed E-state index contributed by atoms with van der Waals surface area (Å²) in [6.45, 7) is 0. The summed E-state index contributed by atoms with van der Waals surface area (Å²) in [4.78, 5) is 4.58. The molecule has 1 saturated carbocycles. The van der Waals surface area contributed by atoms with Gasteiger partial charge in [-0.2, -0.15) is 5.10 Å². The van der Waals surface area contributed by atoms with Crippen molar-refractivity contribution < 1.29 is 23.5 Å². The lowest BCUT2D eigenvalue weighted by molar-refractivity contribution is -0.0454. The highest BCUT2D eigenvalue weighted by Crippen LogP contribution is 2.46. The zero-order valence-corrected chi connectivity index (χ0v) is 22.6. The molecule has 0 aliphatic heterocycles. The quantitative estimate of drug-likeness (QED) is 0.168. The van der Waals surface area contributed by atoms with Crippen LogP contribution in [0.3, 0.4) is 0 Å². The van der Waals surface area contributed by atoms with Crippen molar-refractivity contribution in [2.24, 2.45) is 5.14 Å². The molecule has 0 spiro atoms. The first-order valence-corrected chi connectivity index (χ1v) is 14.6. The van der Waals surface area contributed by atoms with Crippen LogP contribution in [0.2, 0.25) is 0 Å². The number of hydrogen-bond acceptors (Lipinski definition) is 7. The monoisotopic (exact) mass is 578 g/mol. The lowest BCUT2D eigenvalue weighted by Gasteiger charge is -2.10. The molecule has 1 aliphatic rings. The Kier molecular flexibility index (Phi) is 7.26. The summed E-state index contributed by atoms with van der Waals surface area (Å²) in [7, 11) is 0. The molecule has 40 heavy (non-hydrogen) atoms. The van der Waals surface area contributed by atoms with Gasteiger partial charge in [-0.05, 0) is 53.8 Å². The van der Waals surface area contributed by atoms with Crippen LogP contribution in [-0.2, 0) is 17.8 Å². The van der Waals surface area contributed by atoms with Gasteiger partial charge < -0.3 is 14.8 Å². The fourth-order valence-corrected chi connectivity index (χ4v) is 6.00. The molecule has 6 rings (SSSR count). The zero-order valence-electron chi connectivity index (χ0n) is 21.0. The predicted molar refractivity (Wildman–Crippen MR) is 149 cm³/mol. The summed E-state index contributed by atoms with van der Waals surface area (Å²) in [5.74, 6) is -0.690. The minimum atomic E-state index is -1.81.